The van der Waals surface area contributed by atoms with E-state index < -0.39 is 10.0 Å². The molecule has 6 nitrogen and oxygen atoms in total. The molecule has 3 aromatic rings. The van der Waals surface area contributed by atoms with Crippen molar-refractivity contribution in [1.82, 2.24) is 4.98 Å². The number of aryl methyl sites for hydroxylation is 1. The number of hydrogen-bond donors (Lipinski definition) is 2. The molecule has 0 spiro atoms. The van der Waals surface area contributed by atoms with Crippen LogP contribution in [0.25, 0.3) is 0 Å². The smallest absolute Gasteiger partial charge is 0.261 e. The molecule has 0 saturated carbocycles. The molecule has 0 fully saturated rings. The maximum absolute atomic E-state index is 12.5. The average molecular weight is 446 g/mol. The van der Waals surface area contributed by atoms with E-state index >= 15 is 0 Å². The minimum Gasteiger partial charge on any atom is -0.322 e. The largest absolute Gasteiger partial charge is 0.322 e. The van der Waals surface area contributed by atoms with Crippen molar-refractivity contribution in [3.05, 3.63) is 82.6 Å². The topological polar surface area (TPSA) is 88.2 Å². The Morgan fingerprint density at radius 2 is 1.63 bits per heavy atom. The Balaban J connectivity index is 1.77. The molecule has 138 valence electrons. The fourth-order valence-electron chi connectivity index (χ4n) is 2.29. The maximum Gasteiger partial charge on any atom is 0.261 e. The number of carbonyl (C=O) groups excluding carboxylic acids is 1. The second-order valence-electron chi connectivity index (χ2n) is 5.84. The Morgan fingerprint density at radius 1 is 0.963 bits per heavy atom. The lowest BCUT2D eigenvalue weighted by atomic mass is 10.2. The number of rotatable bonds is 5. The number of amides is 1. The van der Waals surface area contributed by atoms with E-state index in [2.05, 4.69) is 31.0 Å². The summed E-state index contributed by atoms with van der Waals surface area (Å²) in [5.74, 6) is -0.379. The van der Waals surface area contributed by atoms with Crippen molar-refractivity contribution in [3.63, 3.8) is 0 Å². The monoisotopic (exact) mass is 445 g/mol. The number of hydrogen-bond acceptors (Lipinski definition) is 4. The number of nitrogens with one attached hydrogen (secondary N) is 2. The van der Waals surface area contributed by atoms with E-state index in [9.17, 15) is 13.2 Å². The minimum atomic E-state index is -3.78. The minimum absolute atomic E-state index is 0.111. The van der Waals surface area contributed by atoms with Crippen LogP contribution in [0.15, 0.2) is 76.4 Å². The zero-order chi connectivity index (χ0) is 19.4. The SMILES string of the molecule is Cc1ccc(NC(=O)c2cncc(NS(=O)(=O)c3ccc(Br)cc3)c2)cc1. The first kappa shape index (κ1) is 19.1. The third kappa shape index (κ3) is 4.93. The van der Waals surface area contributed by atoms with Crippen molar-refractivity contribution in [2.75, 3.05) is 10.0 Å². The molecule has 0 aliphatic carbocycles. The van der Waals surface area contributed by atoms with Crippen LogP contribution in [-0.2, 0) is 10.0 Å². The highest BCUT2D eigenvalue weighted by Crippen LogP contribution is 2.19. The predicted octanol–water partition coefficient (Wildman–Crippen LogP) is 4.21. The first-order valence-electron chi connectivity index (χ1n) is 7.95. The number of aromatic nitrogens is 1. The van der Waals surface area contributed by atoms with E-state index in [1.165, 1.54) is 30.6 Å². The van der Waals surface area contributed by atoms with Crippen molar-refractivity contribution >= 4 is 43.2 Å². The van der Waals surface area contributed by atoms with Gasteiger partial charge in [-0.1, -0.05) is 33.6 Å². The fourth-order valence-corrected chi connectivity index (χ4v) is 3.59. The Morgan fingerprint density at radius 3 is 2.30 bits per heavy atom. The highest BCUT2D eigenvalue weighted by molar-refractivity contribution is 9.10. The normalized spacial score (nSPS) is 11.0. The van der Waals surface area contributed by atoms with Gasteiger partial charge in [0.25, 0.3) is 15.9 Å². The molecule has 0 atom stereocenters. The van der Waals surface area contributed by atoms with Gasteiger partial charge < -0.3 is 5.32 Å². The van der Waals surface area contributed by atoms with Gasteiger partial charge in [-0.3, -0.25) is 14.5 Å². The molecule has 3 rings (SSSR count). The number of pyridine rings is 1. The molecule has 0 aliphatic rings. The number of halogens is 1. The molecule has 8 heteroatoms. The van der Waals surface area contributed by atoms with E-state index in [0.717, 1.165) is 10.0 Å². The zero-order valence-electron chi connectivity index (χ0n) is 14.3. The van der Waals surface area contributed by atoms with Gasteiger partial charge in [0.15, 0.2) is 0 Å². The standard InChI is InChI=1S/C19H16BrN3O3S/c1-13-2-6-16(7-3-13)22-19(24)14-10-17(12-21-11-14)23-27(25,26)18-8-4-15(20)5-9-18/h2-12,23H,1H3,(H,22,24). The van der Waals surface area contributed by atoms with Gasteiger partial charge in [0.05, 0.1) is 22.3 Å². The molecule has 2 aromatic carbocycles. The molecule has 1 heterocycles. The summed E-state index contributed by atoms with van der Waals surface area (Å²) in [6.45, 7) is 1.95. The lowest BCUT2D eigenvalue weighted by molar-refractivity contribution is 0.102. The Hall–Kier alpha value is -2.71. The predicted molar refractivity (Wildman–Crippen MR) is 108 cm³/mol. The second-order valence-corrected chi connectivity index (χ2v) is 8.44. The number of anilines is 2. The number of sulfonamides is 1. The van der Waals surface area contributed by atoms with Gasteiger partial charge in [0.1, 0.15) is 0 Å². The van der Waals surface area contributed by atoms with Crippen LogP contribution in [0.4, 0.5) is 11.4 Å². The Bertz CT molecular complexity index is 1070. The first-order chi connectivity index (χ1) is 12.8. The van der Waals surface area contributed by atoms with E-state index in [0.29, 0.717) is 5.69 Å². The van der Waals surface area contributed by atoms with Crippen molar-refractivity contribution in [1.29, 1.82) is 0 Å². The quantitative estimate of drug-likeness (QED) is 0.615. The number of nitrogens with zero attached hydrogens (tertiary/aromatic N) is 1. The molecule has 1 amide bonds. The number of carbonyl (C=O) groups is 1. The maximum atomic E-state index is 12.5. The Kier molecular flexibility index (Phi) is 5.57. The highest BCUT2D eigenvalue weighted by atomic mass is 79.9. The lowest BCUT2D eigenvalue weighted by Gasteiger charge is -2.10. The molecule has 0 saturated heterocycles. The van der Waals surface area contributed by atoms with Gasteiger partial charge in [-0.15, -0.1) is 0 Å². The van der Waals surface area contributed by atoms with E-state index in [1.54, 1.807) is 24.3 Å². The highest BCUT2D eigenvalue weighted by Gasteiger charge is 2.15. The summed E-state index contributed by atoms with van der Waals surface area (Å²) in [4.78, 5) is 16.5. The molecule has 27 heavy (non-hydrogen) atoms. The van der Waals surface area contributed by atoms with Crippen LogP contribution in [0.3, 0.4) is 0 Å². The molecule has 0 aliphatic heterocycles. The van der Waals surface area contributed by atoms with Crippen molar-refractivity contribution in [2.45, 2.75) is 11.8 Å². The summed E-state index contributed by atoms with van der Waals surface area (Å²) in [5.41, 5.74) is 2.17. The third-order valence-corrected chi connectivity index (χ3v) is 5.61. The molecule has 0 unspecified atom stereocenters. The second kappa shape index (κ2) is 7.89. The molecular weight excluding hydrogens is 430 g/mol. The van der Waals surface area contributed by atoms with Crippen LogP contribution in [0.1, 0.15) is 15.9 Å². The molecular formula is C19H16BrN3O3S. The van der Waals surface area contributed by atoms with Crippen LogP contribution < -0.4 is 10.0 Å². The molecule has 1 aromatic heterocycles. The van der Waals surface area contributed by atoms with Crippen LogP contribution in [0, 0.1) is 6.92 Å². The van der Waals surface area contributed by atoms with Crippen LogP contribution in [0.5, 0.6) is 0 Å². The summed E-state index contributed by atoms with van der Waals surface area (Å²) in [6.07, 6.45) is 2.72. The van der Waals surface area contributed by atoms with E-state index in [4.69, 9.17) is 0 Å². The van der Waals surface area contributed by atoms with Crippen LogP contribution in [0.2, 0.25) is 0 Å². The summed E-state index contributed by atoms with van der Waals surface area (Å²) >= 11 is 3.27. The van der Waals surface area contributed by atoms with Crippen molar-refractivity contribution in [2.24, 2.45) is 0 Å². The van der Waals surface area contributed by atoms with Gasteiger partial charge in [-0.05, 0) is 49.4 Å². The van der Waals surface area contributed by atoms with Crippen molar-refractivity contribution < 1.29 is 13.2 Å². The lowest BCUT2D eigenvalue weighted by Crippen LogP contribution is -2.15. The van der Waals surface area contributed by atoms with E-state index in [-0.39, 0.29) is 22.1 Å². The molecule has 2 N–H and O–H groups in total. The van der Waals surface area contributed by atoms with Gasteiger partial charge in [-0.2, -0.15) is 0 Å². The summed E-state index contributed by atoms with van der Waals surface area (Å²) in [5, 5.41) is 2.75. The summed E-state index contributed by atoms with van der Waals surface area (Å²) in [6, 6.07) is 15.0. The average Bonchev–Trinajstić information content (AvgIpc) is 2.64. The summed E-state index contributed by atoms with van der Waals surface area (Å²) < 4.78 is 28.1. The third-order valence-electron chi connectivity index (χ3n) is 3.69. The van der Waals surface area contributed by atoms with Crippen LogP contribution in [-0.4, -0.2) is 19.3 Å². The first-order valence-corrected chi connectivity index (χ1v) is 10.2. The summed E-state index contributed by atoms with van der Waals surface area (Å²) in [7, 11) is -3.78. The van der Waals surface area contributed by atoms with Gasteiger partial charge >= 0.3 is 0 Å². The fraction of sp³-hybridized carbons (Fsp3) is 0.0526. The van der Waals surface area contributed by atoms with E-state index in [1.807, 2.05) is 19.1 Å². The van der Waals surface area contributed by atoms with Gasteiger partial charge in [0, 0.05) is 16.4 Å². The van der Waals surface area contributed by atoms with Gasteiger partial charge in [-0.25, -0.2) is 8.42 Å². The molecule has 0 radical (unpaired) electrons. The van der Waals surface area contributed by atoms with Crippen LogP contribution >= 0.6 is 15.9 Å². The van der Waals surface area contributed by atoms with Crippen molar-refractivity contribution in [3.8, 4) is 0 Å². The molecule has 0 bridgehead atoms. The Labute approximate surface area is 165 Å². The van der Waals surface area contributed by atoms with Gasteiger partial charge in [0.2, 0.25) is 0 Å². The number of benzene rings is 2. The zero-order valence-corrected chi connectivity index (χ0v) is 16.7.